The lowest BCUT2D eigenvalue weighted by molar-refractivity contribution is 0.164. The minimum Gasteiger partial charge on any atom is -0.402 e. The van der Waals surface area contributed by atoms with Crippen molar-refractivity contribution in [1.29, 1.82) is 0 Å². The molecule has 1 aromatic carbocycles. The third-order valence-electron chi connectivity index (χ3n) is 7.81. The third kappa shape index (κ3) is 13.0. The highest BCUT2D eigenvalue weighted by Crippen LogP contribution is 2.37. The maximum absolute atomic E-state index is 14.1. The molecule has 1 atom stereocenters. The van der Waals surface area contributed by atoms with Crippen molar-refractivity contribution >= 4 is 23.2 Å². The van der Waals surface area contributed by atoms with Gasteiger partial charge in [-0.25, -0.2) is 4.39 Å². The van der Waals surface area contributed by atoms with Gasteiger partial charge < -0.3 is 10.6 Å². The second-order valence-electron chi connectivity index (χ2n) is 11.5. The fraction of sp³-hybridized carbons (Fsp3) is 0.486. The van der Waals surface area contributed by atoms with Crippen molar-refractivity contribution in [3.8, 4) is 0 Å². The molecule has 0 spiro atoms. The highest BCUT2D eigenvalue weighted by molar-refractivity contribution is 6.36. The molecule has 0 aromatic heterocycles. The van der Waals surface area contributed by atoms with E-state index in [1.807, 2.05) is 45.9 Å². The van der Waals surface area contributed by atoms with E-state index in [1.54, 1.807) is 0 Å². The highest BCUT2D eigenvalue weighted by atomic mass is 35.5. The first kappa shape index (κ1) is 38.5. The Morgan fingerprint density at radius 3 is 2.14 bits per heavy atom. The lowest BCUT2D eigenvalue weighted by Crippen LogP contribution is -2.42. The van der Waals surface area contributed by atoms with Crippen molar-refractivity contribution in [3.05, 3.63) is 111 Å². The van der Waals surface area contributed by atoms with E-state index < -0.39 is 5.82 Å². The van der Waals surface area contributed by atoms with Crippen molar-refractivity contribution < 1.29 is 4.39 Å². The van der Waals surface area contributed by atoms with E-state index >= 15 is 0 Å². The van der Waals surface area contributed by atoms with E-state index in [0.29, 0.717) is 28.7 Å². The van der Waals surface area contributed by atoms with Gasteiger partial charge >= 0.3 is 0 Å². The van der Waals surface area contributed by atoms with Gasteiger partial charge in [-0.2, -0.15) is 0 Å². The molecule has 2 aliphatic rings. The van der Waals surface area contributed by atoms with Crippen LogP contribution in [0.1, 0.15) is 85.1 Å². The van der Waals surface area contributed by atoms with Gasteiger partial charge in [0, 0.05) is 49.6 Å². The van der Waals surface area contributed by atoms with Crippen molar-refractivity contribution in [2.45, 2.75) is 85.6 Å². The molecule has 1 saturated carbocycles. The smallest absolute Gasteiger partial charge is 0.142 e. The Balaban J connectivity index is 0.00000139. The minimum absolute atomic E-state index is 0.0528. The Morgan fingerprint density at radius 1 is 1.12 bits per heavy atom. The second-order valence-corrected chi connectivity index (χ2v) is 12.3. The third-order valence-corrected chi connectivity index (χ3v) is 8.53. The summed E-state index contributed by atoms with van der Waals surface area (Å²) in [5.74, 6) is 0.457. The van der Waals surface area contributed by atoms with E-state index in [0.717, 1.165) is 55.1 Å². The Bertz CT molecular complexity index is 1210. The molecule has 3 nitrogen and oxygen atoms in total. The van der Waals surface area contributed by atoms with E-state index in [-0.39, 0.29) is 10.9 Å². The topological polar surface area (TPSA) is 32.5 Å². The molecule has 1 aromatic rings. The predicted molar refractivity (Wildman–Crippen MR) is 188 cm³/mol. The number of hydrogen-bond donors (Lipinski definition) is 1. The summed E-state index contributed by atoms with van der Waals surface area (Å²) in [4.78, 5) is 4.72. The quantitative estimate of drug-likeness (QED) is 0.150. The minimum atomic E-state index is -0.483. The van der Waals surface area contributed by atoms with Crippen LogP contribution in [-0.4, -0.2) is 42.5 Å². The average molecular weight is 631 g/mol. The average Bonchev–Trinajstić information content (AvgIpc) is 3.79. The fourth-order valence-electron chi connectivity index (χ4n) is 4.82. The summed E-state index contributed by atoms with van der Waals surface area (Å²) in [6.45, 7) is 27.0. The van der Waals surface area contributed by atoms with E-state index in [9.17, 15) is 4.39 Å². The van der Waals surface area contributed by atoms with Gasteiger partial charge in [0.2, 0.25) is 0 Å². The van der Waals surface area contributed by atoms with E-state index in [2.05, 4.69) is 62.4 Å². The Kier molecular flexibility index (Phi) is 17.7. The molecular weight excluding hydrogens is 576 g/mol. The molecule has 43 heavy (non-hydrogen) atoms. The molecule has 1 aliphatic heterocycles. The number of allylic oxidation sites excluding steroid dienone is 7. The van der Waals surface area contributed by atoms with Crippen LogP contribution in [0.4, 0.5) is 4.39 Å². The molecule has 1 aliphatic carbocycles. The van der Waals surface area contributed by atoms with Gasteiger partial charge in [-0.1, -0.05) is 95.6 Å². The molecule has 6 heteroatoms. The summed E-state index contributed by atoms with van der Waals surface area (Å²) < 4.78 is 14.1. The van der Waals surface area contributed by atoms with Gasteiger partial charge in [0.25, 0.3) is 0 Å². The molecule has 238 valence electrons. The van der Waals surface area contributed by atoms with Crippen LogP contribution in [0.5, 0.6) is 0 Å². The van der Waals surface area contributed by atoms with Crippen LogP contribution in [0.2, 0.25) is 10.0 Å². The zero-order chi connectivity index (χ0) is 32.7. The Labute approximate surface area is 272 Å². The maximum Gasteiger partial charge on any atom is 0.142 e. The van der Waals surface area contributed by atoms with E-state index in [1.165, 1.54) is 30.5 Å². The van der Waals surface area contributed by atoms with Crippen molar-refractivity contribution in [1.82, 2.24) is 9.80 Å². The first-order valence-corrected chi connectivity index (χ1v) is 16.2. The van der Waals surface area contributed by atoms with Crippen molar-refractivity contribution in [2.75, 3.05) is 26.7 Å². The molecule has 0 bridgehead atoms. The maximum atomic E-state index is 14.1. The molecule has 0 radical (unpaired) electrons. The fourth-order valence-corrected chi connectivity index (χ4v) is 5.56. The predicted octanol–water partition coefficient (Wildman–Crippen LogP) is 10.6. The number of rotatable bonds is 11. The van der Waals surface area contributed by atoms with Gasteiger partial charge in [0.05, 0.1) is 5.02 Å². The van der Waals surface area contributed by atoms with Crippen LogP contribution < -0.4 is 5.73 Å². The van der Waals surface area contributed by atoms with E-state index in [4.69, 9.17) is 28.9 Å². The van der Waals surface area contributed by atoms with Crippen LogP contribution in [0, 0.1) is 11.7 Å². The summed E-state index contributed by atoms with van der Waals surface area (Å²) >= 11 is 12.6. The summed E-state index contributed by atoms with van der Waals surface area (Å²) in [6.07, 6.45) is 13.5. The number of benzene rings is 1. The highest BCUT2D eigenvalue weighted by Gasteiger charge is 2.22. The zero-order valence-electron chi connectivity index (χ0n) is 27.6. The standard InChI is InChI=1S/C31H40Cl2FN3.C4H8.C2H6/c1-8-21(4)19-37-15-13-27(14-16-37)36(7)20-25(10-3)24(9-2)18-26(23(6)35)17-22(5)30-28(32)11-12-29(34)31(30)33;1-4-2-3-4;1-2/h9-12,18,20,22,27H,1-3,13-17,19,35H2,4-7H3;4H,2-3H2,1H3;1-2H3/b24-18+,25-20+,26-23+;;. The molecule has 2 fully saturated rings. The first-order chi connectivity index (χ1) is 20.4. The first-order valence-electron chi connectivity index (χ1n) is 15.5. The largest absolute Gasteiger partial charge is 0.402 e. The van der Waals surface area contributed by atoms with Crippen molar-refractivity contribution in [3.63, 3.8) is 0 Å². The molecular formula is C37H54Cl2FN3. The lowest BCUT2D eigenvalue weighted by atomic mass is 9.90. The molecule has 2 N–H and O–H groups in total. The van der Waals surface area contributed by atoms with Gasteiger partial charge in [-0.15, -0.1) is 5.73 Å². The van der Waals surface area contributed by atoms with Crippen LogP contribution in [0.3, 0.4) is 0 Å². The van der Waals surface area contributed by atoms with Gasteiger partial charge in [-0.05, 0) is 91.0 Å². The molecule has 1 saturated heterocycles. The molecule has 1 heterocycles. The van der Waals surface area contributed by atoms with Crippen LogP contribution in [0.15, 0.2) is 90.0 Å². The van der Waals surface area contributed by atoms with Gasteiger partial charge in [0.1, 0.15) is 5.82 Å². The number of likely N-dealkylation sites (tertiary alicyclic amines) is 1. The summed E-state index contributed by atoms with van der Waals surface area (Å²) in [5.41, 5.74) is 14.5. The molecule has 3 rings (SSSR count). The Morgan fingerprint density at radius 2 is 1.67 bits per heavy atom. The van der Waals surface area contributed by atoms with Gasteiger partial charge in [-0.3, -0.25) is 4.90 Å². The number of nitrogens with two attached hydrogens (primary N) is 1. The number of hydrogen-bond acceptors (Lipinski definition) is 3. The number of piperidine rings is 1. The summed E-state index contributed by atoms with van der Waals surface area (Å²) in [5, 5.41) is 0.493. The van der Waals surface area contributed by atoms with Crippen LogP contribution in [-0.2, 0) is 0 Å². The zero-order valence-corrected chi connectivity index (χ0v) is 29.1. The van der Waals surface area contributed by atoms with Crippen LogP contribution in [0.25, 0.3) is 0 Å². The normalized spacial score (nSPS) is 17.3. The molecule has 1 unspecified atom stereocenters. The summed E-state index contributed by atoms with van der Waals surface area (Å²) in [6, 6.07) is 3.26. The van der Waals surface area contributed by atoms with Crippen molar-refractivity contribution in [2.24, 2.45) is 11.7 Å². The summed E-state index contributed by atoms with van der Waals surface area (Å²) in [7, 11) is 2.11. The lowest BCUT2D eigenvalue weighted by Gasteiger charge is -2.36. The second kappa shape index (κ2) is 19.7. The monoisotopic (exact) mass is 629 g/mol. The van der Waals surface area contributed by atoms with Crippen LogP contribution >= 0.6 is 23.2 Å². The Hall–Kier alpha value is -2.49. The van der Waals surface area contributed by atoms with Gasteiger partial charge in [0.15, 0.2) is 0 Å². The number of nitrogens with zero attached hydrogens (tertiary/aromatic N) is 2. The molecule has 0 amide bonds. The number of halogens is 3. The SMILES string of the molecule is C=C=C(C)CN1CCC(N(C)/C=C(C=C)/C(C=C)=C/C(CC(C)c2c(Cl)ccc(F)c2Cl)=C(\C)N)CC1.CC.CC1CC1.